The Labute approximate surface area is 226 Å². The molecule has 6 rings (SSSR count). The first-order valence-electron chi connectivity index (χ1n) is 13.1. The minimum Gasteiger partial charge on any atom is -0.384 e. The molecular formula is C30H30ClFN6. The van der Waals surface area contributed by atoms with Crippen LogP contribution in [0.2, 0.25) is 5.02 Å². The Kier molecular flexibility index (Phi) is 7.12. The fourth-order valence-electron chi connectivity index (χ4n) is 5.21. The average Bonchev–Trinajstić information content (AvgIpc) is 3.30. The minimum atomic E-state index is -0.213. The van der Waals surface area contributed by atoms with E-state index >= 15 is 0 Å². The van der Waals surface area contributed by atoms with Crippen molar-refractivity contribution in [3.8, 4) is 0 Å². The number of piperazine rings is 1. The van der Waals surface area contributed by atoms with Crippen LogP contribution in [0.3, 0.4) is 0 Å². The molecule has 1 fully saturated rings. The van der Waals surface area contributed by atoms with E-state index in [0.717, 1.165) is 84.8 Å². The first-order chi connectivity index (χ1) is 18.6. The second-order valence-electron chi connectivity index (χ2n) is 9.74. The van der Waals surface area contributed by atoms with Gasteiger partial charge in [0.15, 0.2) is 0 Å². The smallest absolute Gasteiger partial charge is 0.206 e. The molecule has 0 unspecified atom stereocenters. The van der Waals surface area contributed by atoms with Crippen molar-refractivity contribution >= 4 is 45.2 Å². The first-order valence-corrected chi connectivity index (χ1v) is 13.5. The van der Waals surface area contributed by atoms with E-state index in [4.69, 9.17) is 16.6 Å². The molecule has 0 aliphatic carbocycles. The van der Waals surface area contributed by atoms with Gasteiger partial charge in [0, 0.05) is 55.0 Å². The van der Waals surface area contributed by atoms with Crippen LogP contribution in [0.4, 0.5) is 16.0 Å². The minimum absolute atomic E-state index is 0.213. The Hall–Kier alpha value is -3.68. The number of para-hydroxylation sites is 2. The summed E-state index contributed by atoms with van der Waals surface area (Å²) in [6.07, 6.45) is 2.88. The highest BCUT2D eigenvalue weighted by Gasteiger charge is 2.22. The molecule has 5 aromatic rings. The van der Waals surface area contributed by atoms with Crippen molar-refractivity contribution in [1.29, 1.82) is 0 Å². The Morgan fingerprint density at radius 2 is 1.71 bits per heavy atom. The highest BCUT2D eigenvalue weighted by atomic mass is 35.5. The van der Waals surface area contributed by atoms with Gasteiger partial charge in [0.1, 0.15) is 5.82 Å². The number of nitrogens with zero attached hydrogens (tertiary/aromatic N) is 5. The number of rotatable bonds is 8. The number of nitrogens with one attached hydrogen (secondary N) is 1. The lowest BCUT2D eigenvalue weighted by Gasteiger charge is -2.35. The van der Waals surface area contributed by atoms with Crippen LogP contribution in [-0.4, -0.2) is 58.7 Å². The summed E-state index contributed by atoms with van der Waals surface area (Å²) in [6, 6.07) is 22.8. The number of aromatic nitrogens is 3. The maximum Gasteiger partial charge on any atom is 0.206 e. The van der Waals surface area contributed by atoms with E-state index in [2.05, 4.69) is 36.8 Å². The Balaban J connectivity index is 1.06. The molecule has 1 saturated heterocycles. The van der Waals surface area contributed by atoms with E-state index < -0.39 is 0 Å². The second kappa shape index (κ2) is 11.0. The van der Waals surface area contributed by atoms with Gasteiger partial charge < -0.3 is 14.8 Å². The number of hydrogen-bond donors (Lipinski definition) is 1. The SMILES string of the molecule is Fc1ccc(Cn2c(N3CCN(CCCNc4ccnc5cc(Cl)ccc45)CC3)nc3ccccc32)cc1. The number of halogens is 2. The fourth-order valence-corrected chi connectivity index (χ4v) is 5.37. The van der Waals surface area contributed by atoms with Gasteiger partial charge in [0.05, 0.1) is 23.1 Å². The molecule has 38 heavy (non-hydrogen) atoms. The summed E-state index contributed by atoms with van der Waals surface area (Å²) in [4.78, 5) is 14.3. The molecule has 1 aliphatic heterocycles. The van der Waals surface area contributed by atoms with Gasteiger partial charge in [-0.2, -0.15) is 0 Å². The highest BCUT2D eigenvalue weighted by molar-refractivity contribution is 6.31. The molecule has 0 radical (unpaired) electrons. The molecule has 3 aromatic carbocycles. The zero-order valence-electron chi connectivity index (χ0n) is 21.2. The van der Waals surface area contributed by atoms with Crippen LogP contribution >= 0.6 is 11.6 Å². The Morgan fingerprint density at radius 3 is 2.55 bits per heavy atom. The van der Waals surface area contributed by atoms with Crippen molar-refractivity contribution in [2.24, 2.45) is 0 Å². The van der Waals surface area contributed by atoms with Gasteiger partial charge in [0.25, 0.3) is 0 Å². The lowest BCUT2D eigenvalue weighted by Crippen LogP contribution is -2.47. The number of anilines is 2. The summed E-state index contributed by atoms with van der Waals surface area (Å²) >= 11 is 6.12. The maximum absolute atomic E-state index is 13.5. The average molecular weight is 529 g/mol. The van der Waals surface area contributed by atoms with E-state index in [1.54, 1.807) is 0 Å². The third-order valence-electron chi connectivity index (χ3n) is 7.21. The van der Waals surface area contributed by atoms with E-state index in [9.17, 15) is 4.39 Å². The zero-order valence-corrected chi connectivity index (χ0v) is 21.9. The van der Waals surface area contributed by atoms with Crippen molar-refractivity contribution in [2.45, 2.75) is 13.0 Å². The van der Waals surface area contributed by atoms with Gasteiger partial charge in [0.2, 0.25) is 5.95 Å². The summed E-state index contributed by atoms with van der Waals surface area (Å²) in [7, 11) is 0. The maximum atomic E-state index is 13.5. The number of pyridine rings is 1. The summed E-state index contributed by atoms with van der Waals surface area (Å²) in [6.45, 7) is 6.45. The van der Waals surface area contributed by atoms with Gasteiger partial charge in [-0.1, -0.05) is 35.9 Å². The van der Waals surface area contributed by atoms with Crippen molar-refractivity contribution < 1.29 is 4.39 Å². The molecular weight excluding hydrogens is 499 g/mol. The van der Waals surface area contributed by atoms with Crippen LogP contribution in [0.15, 0.2) is 79.0 Å². The predicted molar refractivity (Wildman–Crippen MR) is 154 cm³/mol. The molecule has 0 spiro atoms. The standard InChI is InChI=1S/C30H30ClFN6/c31-23-8-11-25-26(12-14-34-28(25)20-23)33-13-3-15-36-16-18-37(19-17-36)30-35-27-4-1-2-5-29(27)38(30)21-22-6-9-24(32)10-7-22/h1-2,4-12,14,20H,3,13,15-19,21H2,(H,33,34). The lowest BCUT2D eigenvalue weighted by molar-refractivity contribution is 0.255. The van der Waals surface area contributed by atoms with E-state index in [1.807, 2.05) is 54.7 Å². The number of benzene rings is 3. The summed E-state index contributed by atoms with van der Waals surface area (Å²) in [5, 5.41) is 5.37. The summed E-state index contributed by atoms with van der Waals surface area (Å²) in [5.41, 5.74) is 5.16. The van der Waals surface area contributed by atoms with Crippen molar-refractivity contribution in [3.05, 3.63) is 95.4 Å². The molecule has 6 nitrogen and oxygen atoms in total. The Morgan fingerprint density at radius 1 is 0.895 bits per heavy atom. The number of fused-ring (bicyclic) bond motifs is 2. The molecule has 2 aromatic heterocycles. The lowest BCUT2D eigenvalue weighted by atomic mass is 10.2. The highest BCUT2D eigenvalue weighted by Crippen LogP contribution is 2.26. The number of imidazole rings is 1. The monoisotopic (exact) mass is 528 g/mol. The van der Waals surface area contributed by atoms with Gasteiger partial charge in [-0.25, -0.2) is 9.37 Å². The zero-order chi connectivity index (χ0) is 25.9. The normalized spacial score (nSPS) is 14.4. The van der Waals surface area contributed by atoms with Crippen LogP contribution in [0.25, 0.3) is 21.9 Å². The van der Waals surface area contributed by atoms with Crippen LogP contribution in [0.5, 0.6) is 0 Å². The molecule has 0 amide bonds. The fraction of sp³-hybridized carbons (Fsp3) is 0.267. The molecule has 1 N–H and O–H groups in total. The van der Waals surface area contributed by atoms with Gasteiger partial charge in [-0.05, 0) is 67.1 Å². The largest absolute Gasteiger partial charge is 0.384 e. The van der Waals surface area contributed by atoms with Crippen LogP contribution in [-0.2, 0) is 6.54 Å². The summed E-state index contributed by atoms with van der Waals surface area (Å²) in [5.74, 6) is 0.774. The predicted octanol–water partition coefficient (Wildman–Crippen LogP) is 6.05. The quantitative estimate of drug-likeness (QED) is 0.248. The van der Waals surface area contributed by atoms with Crippen molar-refractivity contribution in [2.75, 3.05) is 49.5 Å². The van der Waals surface area contributed by atoms with E-state index in [-0.39, 0.29) is 5.82 Å². The topological polar surface area (TPSA) is 49.2 Å². The van der Waals surface area contributed by atoms with Crippen molar-refractivity contribution in [3.63, 3.8) is 0 Å². The molecule has 194 valence electrons. The first kappa shape index (κ1) is 24.6. The van der Waals surface area contributed by atoms with E-state index in [1.165, 1.54) is 12.1 Å². The summed E-state index contributed by atoms with van der Waals surface area (Å²) < 4.78 is 15.7. The van der Waals surface area contributed by atoms with E-state index in [0.29, 0.717) is 11.6 Å². The molecule has 1 aliphatic rings. The third kappa shape index (κ3) is 5.30. The molecule has 8 heteroatoms. The third-order valence-corrected chi connectivity index (χ3v) is 7.45. The van der Waals surface area contributed by atoms with Crippen molar-refractivity contribution in [1.82, 2.24) is 19.4 Å². The molecule has 0 bridgehead atoms. The molecule has 0 atom stereocenters. The van der Waals surface area contributed by atoms with Crippen LogP contribution < -0.4 is 10.2 Å². The molecule has 3 heterocycles. The van der Waals surface area contributed by atoms with Gasteiger partial charge in [-0.3, -0.25) is 9.88 Å². The van der Waals surface area contributed by atoms with Crippen LogP contribution in [0.1, 0.15) is 12.0 Å². The second-order valence-corrected chi connectivity index (χ2v) is 10.2. The van der Waals surface area contributed by atoms with Crippen LogP contribution in [0, 0.1) is 5.82 Å². The Bertz CT molecular complexity index is 1540. The molecule has 0 saturated carbocycles. The van der Waals surface area contributed by atoms with Gasteiger partial charge in [-0.15, -0.1) is 0 Å². The van der Waals surface area contributed by atoms with Gasteiger partial charge >= 0.3 is 0 Å². The number of hydrogen-bond acceptors (Lipinski definition) is 5.